The van der Waals surface area contributed by atoms with Gasteiger partial charge in [-0.3, -0.25) is 0 Å². The third kappa shape index (κ3) is 2.32. The van der Waals surface area contributed by atoms with Crippen molar-refractivity contribution in [3.05, 3.63) is 29.8 Å². The minimum Gasteiger partial charge on any atom is -0.488 e. The van der Waals surface area contributed by atoms with Crippen LogP contribution in [0.1, 0.15) is 25.8 Å². The fourth-order valence-electron chi connectivity index (χ4n) is 1.99. The fourth-order valence-corrected chi connectivity index (χ4v) is 1.99. The van der Waals surface area contributed by atoms with Gasteiger partial charge in [-0.05, 0) is 31.5 Å². The van der Waals surface area contributed by atoms with E-state index in [1.54, 1.807) is 0 Å². The molecule has 0 aromatic heterocycles. The zero-order valence-corrected chi connectivity index (χ0v) is 9.49. The molecule has 2 rings (SSSR count). The predicted molar refractivity (Wildman–Crippen MR) is 62.3 cm³/mol. The molecule has 1 aromatic carbocycles. The summed E-state index contributed by atoms with van der Waals surface area (Å²) in [6.07, 6.45) is 2.51. The Morgan fingerprint density at radius 2 is 2.27 bits per heavy atom. The van der Waals surface area contributed by atoms with Crippen LogP contribution in [0.25, 0.3) is 0 Å². The van der Waals surface area contributed by atoms with Crippen molar-refractivity contribution in [3.8, 4) is 5.75 Å². The summed E-state index contributed by atoms with van der Waals surface area (Å²) in [6, 6.07) is 8.75. The molecule has 0 fully saturated rings. The maximum absolute atomic E-state index is 5.90. The topological polar surface area (TPSA) is 21.3 Å². The number of nitrogens with one attached hydrogen (secondary N) is 1. The molecular weight excluding hydrogens is 186 g/mol. The number of fused-ring (bicyclic) bond motifs is 1. The Kier molecular flexibility index (Phi) is 3.27. The van der Waals surface area contributed by atoms with E-state index < -0.39 is 0 Å². The van der Waals surface area contributed by atoms with Crippen molar-refractivity contribution in [2.75, 3.05) is 6.54 Å². The summed E-state index contributed by atoms with van der Waals surface area (Å²) in [5.41, 5.74) is 1.34. The smallest absolute Gasteiger partial charge is 0.123 e. The van der Waals surface area contributed by atoms with E-state index >= 15 is 0 Å². The lowest BCUT2D eigenvalue weighted by molar-refractivity contribution is 0.186. The van der Waals surface area contributed by atoms with Crippen molar-refractivity contribution in [2.24, 2.45) is 0 Å². The molecule has 0 radical (unpaired) electrons. The number of hydrogen-bond acceptors (Lipinski definition) is 2. The molecule has 1 aromatic rings. The van der Waals surface area contributed by atoms with Crippen LogP contribution in [0.4, 0.5) is 0 Å². The Bertz CT molecular complexity index is 299. The molecule has 1 heterocycles. The highest BCUT2D eigenvalue weighted by molar-refractivity contribution is 5.37. The van der Waals surface area contributed by atoms with E-state index in [0.717, 1.165) is 18.7 Å². The second-order valence-electron chi connectivity index (χ2n) is 4.21. The molecule has 82 valence electrons. The van der Waals surface area contributed by atoms with Gasteiger partial charge in [0.05, 0.1) is 0 Å². The normalized spacial score (nSPS) is 20.8. The molecule has 0 amide bonds. The summed E-state index contributed by atoms with van der Waals surface area (Å²) in [5.74, 6) is 1.06. The highest BCUT2D eigenvalue weighted by Crippen LogP contribution is 2.29. The first-order valence-electron chi connectivity index (χ1n) is 5.79. The van der Waals surface area contributed by atoms with Gasteiger partial charge in [-0.15, -0.1) is 0 Å². The molecule has 0 spiro atoms. The molecule has 15 heavy (non-hydrogen) atoms. The van der Waals surface area contributed by atoms with E-state index in [1.165, 1.54) is 12.0 Å². The Labute approximate surface area is 91.6 Å². The Balaban J connectivity index is 1.94. The second-order valence-corrected chi connectivity index (χ2v) is 4.21. The Hall–Kier alpha value is -1.02. The van der Waals surface area contributed by atoms with Crippen LogP contribution >= 0.6 is 0 Å². The van der Waals surface area contributed by atoms with Crippen molar-refractivity contribution in [3.63, 3.8) is 0 Å². The Morgan fingerprint density at radius 1 is 1.47 bits per heavy atom. The third-order valence-corrected chi connectivity index (χ3v) is 2.95. The van der Waals surface area contributed by atoms with Gasteiger partial charge >= 0.3 is 0 Å². The van der Waals surface area contributed by atoms with Gasteiger partial charge in [-0.2, -0.15) is 0 Å². The van der Waals surface area contributed by atoms with Gasteiger partial charge in [-0.1, -0.05) is 25.1 Å². The van der Waals surface area contributed by atoms with E-state index in [1.807, 2.05) is 6.07 Å². The number of ether oxygens (including phenoxy) is 1. The van der Waals surface area contributed by atoms with E-state index in [2.05, 4.69) is 37.4 Å². The molecule has 2 unspecified atom stereocenters. The van der Waals surface area contributed by atoms with Crippen LogP contribution in [0.5, 0.6) is 5.75 Å². The van der Waals surface area contributed by atoms with Crippen LogP contribution in [0, 0.1) is 0 Å². The molecule has 2 nitrogen and oxygen atoms in total. The summed E-state index contributed by atoms with van der Waals surface area (Å²) in [5, 5.41) is 3.48. The van der Waals surface area contributed by atoms with Gasteiger partial charge in [-0.25, -0.2) is 0 Å². The molecule has 1 N–H and O–H groups in total. The fraction of sp³-hybridized carbons (Fsp3) is 0.538. The lowest BCUT2D eigenvalue weighted by atomic mass is 10.1. The van der Waals surface area contributed by atoms with Crippen molar-refractivity contribution in [1.82, 2.24) is 5.32 Å². The van der Waals surface area contributed by atoms with E-state index in [9.17, 15) is 0 Å². The van der Waals surface area contributed by atoms with Crippen LogP contribution in [0.3, 0.4) is 0 Å². The highest BCUT2D eigenvalue weighted by atomic mass is 16.5. The average molecular weight is 205 g/mol. The minimum absolute atomic E-state index is 0.300. The minimum atomic E-state index is 0.300. The molecule has 0 saturated carbocycles. The Morgan fingerprint density at radius 3 is 3.00 bits per heavy atom. The van der Waals surface area contributed by atoms with Crippen molar-refractivity contribution in [1.29, 1.82) is 0 Å². The standard InChI is InChI=1S/C13H19NO/c1-3-8-14-10(2)13-9-11-6-4-5-7-12(11)15-13/h4-7,10,13-14H,3,8-9H2,1-2H3. The van der Waals surface area contributed by atoms with E-state index in [0.29, 0.717) is 12.1 Å². The molecule has 1 aliphatic rings. The molecule has 0 bridgehead atoms. The second kappa shape index (κ2) is 4.67. The first-order valence-corrected chi connectivity index (χ1v) is 5.79. The largest absolute Gasteiger partial charge is 0.488 e. The van der Waals surface area contributed by atoms with Gasteiger partial charge < -0.3 is 10.1 Å². The lowest BCUT2D eigenvalue weighted by Gasteiger charge is -2.20. The number of benzene rings is 1. The quantitative estimate of drug-likeness (QED) is 0.815. The number of para-hydroxylation sites is 1. The van der Waals surface area contributed by atoms with Crippen LogP contribution in [-0.4, -0.2) is 18.7 Å². The first kappa shape index (κ1) is 10.5. The highest BCUT2D eigenvalue weighted by Gasteiger charge is 2.26. The SMILES string of the molecule is CCCNC(C)C1Cc2ccccc2O1. The average Bonchev–Trinajstić information content (AvgIpc) is 2.69. The summed E-state index contributed by atoms with van der Waals surface area (Å²) in [7, 11) is 0. The maximum Gasteiger partial charge on any atom is 0.123 e. The van der Waals surface area contributed by atoms with Gasteiger partial charge in [0.2, 0.25) is 0 Å². The first-order chi connectivity index (χ1) is 7.31. The monoisotopic (exact) mass is 205 g/mol. The molecular formula is C13H19NO. The van der Waals surface area contributed by atoms with E-state index in [4.69, 9.17) is 4.74 Å². The zero-order chi connectivity index (χ0) is 10.7. The molecule has 0 saturated heterocycles. The number of rotatable bonds is 4. The van der Waals surface area contributed by atoms with Gasteiger partial charge in [0.15, 0.2) is 0 Å². The maximum atomic E-state index is 5.90. The summed E-state index contributed by atoms with van der Waals surface area (Å²) < 4.78 is 5.90. The number of hydrogen-bond donors (Lipinski definition) is 1. The van der Waals surface area contributed by atoms with Gasteiger partial charge in [0.25, 0.3) is 0 Å². The molecule has 2 atom stereocenters. The van der Waals surface area contributed by atoms with Crippen LogP contribution in [0.15, 0.2) is 24.3 Å². The zero-order valence-electron chi connectivity index (χ0n) is 9.49. The molecule has 1 aliphatic heterocycles. The van der Waals surface area contributed by atoms with E-state index in [-0.39, 0.29) is 0 Å². The lowest BCUT2D eigenvalue weighted by Crippen LogP contribution is -2.40. The predicted octanol–water partition coefficient (Wildman–Crippen LogP) is 2.38. The van der Waals surface area contributed by atoms with Crippen LogP contribution in [-0.2, 0) is 6.42 Å². The van der Waals surface area contributed by atoms with Crippen molar-refractivity contribution >= 4 is 0 Å². The van der Waals surface area contributed by atoms with Crippen molar-refractivity contribution in [2.45, 2.75) is 38.8 Å². The molecule has 2 heteroatoms. The summed E-state index contributed by atoms with van der Waals surface area (Å²) >= 11 is 0. The third-order valence-electron chi connectivity index (χ3n) is 2.95. The van der Waals surface area contributed by atoms with Crippen LogP contribution in [0.2, 0.25) is 0 Å². The molecule has 0 aliphatic carbocycles. The summed E-state index contributed by atoms with van der Waals surface area (Å²) in [6.45, 7) is 5.45. The van der Waals surface area contributed by atoms with Gasteiger partial charge in [0.1, 0.15) is 11.9 Å². The van der Waals surface area contributed by atoms with Crippen LogP contribution < -0.4 is 10.1 Å². The summed E-state index contributed by atoms with van der Waals surface area (Å²) in [4.78, 5) is 0. The van der Waals surface area contributed by atoms with Gasteiger partial charge in [0, 0.05) is 12.5 Å². The van der Waals surface area contributed by atoms with Crippen molar-refractivity contribution < 1.29 is 4.74 Å².